The number of H-pyrrole nitrogens is 1. The number of hydrogen-bond acceptors (Lipinski definition) is 5. The number of fused-ring (bicyclic) bond motifs is 1. The van der Waals surface area contributed by atoms with Gasteiger partial charge in [-0.3, -0.25) is 4.79 Å². The van der Waals surface area contributed by atoms with Gasteiger partial charge in [-0.1, -0.05) is 61.2 Å². The summed E-state index contributed by atoms with van der Waals surface area (Å²) >= 11 is 0. The molecule has 2 aromatic carbocycles. The van der Waals surface area contributed by atoms with E-state index < -0.39 is 24.0 Å². The van der Waals surface area contributed by atoms with Crippen LogP contribution in [0.5, 0.6) is 0 Å². The molecule has 0 bridgehead atoms. The number of ether oxygens (including phenoxy) is 2. The highest BCUT2D eigenvalue weighted by atomic mass is 16.5. The first-order valence-electron chi connectivity index (χ1n) is 12.3. The SMILES string of the molecule is C=CO[C@@H]([C@@H]1CCCN1)[C@@H](C=C)C(=O)N[C@@H](Cc1c[nH]c2ccccc12)C(=O)OCc1ccccc1. The number of para-hydroxylation sites is 1. The molecule has 0 unspecified atom stereocenters. The van der Waals surface area contributed by atoms with Crippen LogP contribution in [0.1, 0.15) is 24.0 Å². The van der Waals surface area contributed by atoms with Crippen LogP contribution in [0.2, 0.25) is 0 Å². The predicted octanol–water partition coefficient (Wildman–Crippen LogP) is 4.02. The second-order valence-corrected chi connectivity index (χ2v) is 8.95. The third-order valence-corrected chi connectivity index (χ3v) is 6.58. The van der Waals surface area contributed by atoms with Crippen LogP contribution in [0, 0.1) is 5.92 Å². The fourth-order valence-corrected chi connectivity index (χ4v) is 4.73. The van der Waals surface area contributed by atoms with Crippen molar-refractivity contribution in [3.63, 3.8) is 0 Å². The summed E-state index contributed by atoms with van der Waals surface area (Å²) in [6.07, 6.45) is 6.48. The number of carbonyl (C=O) groups excluding carboxylic acids is 2. The summed E-state index contributed by atoms with van der Waals surface area (Å²) in [7, 11) is 0. The molecule has 1 aromatic heterocycles. The largest absolute Gasteiger partial charge is 0.496 e. The summed E-state index contributed by atoms with van der Waals surface area (Å²) in [6, 6.07) is 16.4. The molecular formula is C29H33N3O4. The van der Waals surface area contributed by atoms with Gasteiger partial charge in [-0.2, -0.15) is 0 Å². The van der Waals surface area contributed by atoms with Gasteiger partial charge in [-0.15, -0.1) is 6.58 Å². The van der Waals surface area contributed by atoms with E-state index in [-0.39, 0.29) is 25.0 Å². The molecule has 3 N–H and O–H groups in total. The lowest BCUT2D eigenvalue weighted by molar-refractivity contribution is -0.149. The molecule has 7 nitrogen and oxygen atoms in total. The van der Waals surface area contributed by atoms with Gasteiger partial charge in [-0.25, -0.2) is 4.79 Å². The highest BCUT2D eigenvalue weighted by Crippen LogP contribution is 2.23. The van der Waals surface area contributed by atoms with Crippen LogP contribution in [0.3, 0.4) is 0 Å². The number of aromatic amines is 1. The molecule has 0 radical (unpaired) electrons. The van der Waals surface area contributed by atoms with E-state index in [1.807, 2.05) is 60.8 Å². The number of rotatable bonds is 12. The van der Waals surface area contributed by atoms with E-state index in [1.54, 1.807) is 6.08 Å². The van der Waals surface area contributed by atoms with Gasteiger partial charge in [0.25, 0.3) is 0 Å². The van der Waals surface area contributed by atoms with Gasteiger partial charge in [-0.05, 0) is 36.6 Å². The molecule has 3 aromatic rings. The van der Waals surface area contributed by atoms with Crippen molar-refractivity contribution >= 4 is 22.8 Å². The van der Waals surface area contributed by atoms with E-state index in [0.29, 0.717) is 0 Å². The third-order valence-electron chi connectivity index (χ3n) is 6.58. The smallest absolute Gasteiger partial charge is 0.329 e. The Labute approximate surface area is 211 Å². The number of amides is 1. The zero-order valence-corrected chi connectivity index (χ0v) is 20.3. The summed E-state index contributed by atoms with van der Waals surface area (Å²) in [4.78, 5) is 30.0. The average Bonchev–Trinajstić information content (AvgIpc) is 3.58. The van der Waals surface area contributed by atoms with Gasteiger partial charge in [0.15, 0.2) is 0 Å². The molecule has 1 aliphatic heterocycles. The van der Waals surface area contributed by atoms with E-state index in [4.69, 9.17) is 9.47 Å². The number of hydrogen-bond donors (Lipinski definition) is 3. The minimum absolute atomic E-state index is 0.00569. The molecule has 1 fully saturated rings. The van der Waals surface area contributed by atoms with Gasteiger partial charge in [0.1, 0.15) is 18.8 Å². The normalized spacial score (nSPS) is 17.6. The second-order valence-electron chi connectivity index (χ2n) is 8.95. The lowest BCUT2D eigenvalue weighted by atomic mass is 9.93. The van der Waals surface area contributed by atoms with Crippen LogP contribution in [-0.2, 0) is 32.1 Å². The maximum absolute atomic E-state index is 13.5. The lowest BCUT2D eigenvalue weighted by Gasteiger charge is -2.29. The molecule has 1 saturated heterocycles. The van der Waals surface area contributed by atoms with E-state index >= 15 is 0 Å². The molecular weight excluding hydrogens is 454 g/mol. The van der Waals surface area contributed by atoms with Crippen molar-refractivity contribution in [1.29, 1.82) is 0 Å². The van der Waals surface area contributed by atoms with Crippen LogP contribution in [0.15, 0.2) is 86.3 Å². The van der Waals surface area contributed by atoms with Crippen LogP contribution in [0.25, 0.3) is 10.9 Å². The quantitative estimate of drug-likeness (QED) is 0.204. The van der Waals surface area contributed by atoms with Gasteiger partial charge in [0, 0.05) is 29.6 Å². The van der Waals surface area contributed by atoms with E-state index in [0.717, 1.165) is 41.4 Å². The fraction of sp³-hybridized carbons (Fsp3) is 0.310. The number of nitrogens with one attached hydrogen (secondary N) is 3. The Bertz CT molecular complexity index is 1180. The first-order chi connectivity index (χ1) is 17.6. The molecule has 2 heterocycles. The van der Waals surface area contributed by atoms with Crippen molar-refractivity contribution in [2.75, 3.05) is 6.54 Å². The Morgan fingerprint density at radius 2 is 1.89 bits per heavy atom. The van der Waals surface area contributed by atoms with Gasteiger partial charge in [0.05, 0.1) is 12.2 Å². The maximum Gasteiger partial charge on any atom is 0.329 e. The van der Waals surface area contributed by atoms with Crippen molar-refractivity contribution in [1.82, 2.24) is 15.6 Å². The number of carbonyl (C=O) groups is 2. The predicted molar refractivity (Wildman–Crippen MR) is 140 cm³/mol. The van der Waals surface area contributed by atoms with Crippen molar-refractivity contribution in [3.8, 4) is 0 Å². The standard InChI is InChI=1S/C29H33N3O4/c1-3-22(27(35-4-2)25-15-10-16-30-25)28(33)32-26(29(34)36-19-20-11-6-5-7-12-20)17-21-18-31-24-14-9-8-13-23(21)24/h3-9,11-14,18,22,25-27,30-31H,1-2,10,15-17,19H2,(H,32,33)/t22-,25+,26+,27-/m1/s1. The van der Waals surface area contributed by atoms with E-state index in [1.165, 1.54) is 6.26 Å². The van der Waals surface area contributed by atoms with Crippen molar-refractivity contribution in [2.24, 2.45) is 5.92 Å². The van der Waals surface area contributed by atoms with Crippen LogP contribution >= 0.6 is 0 Å². The third kappa shape index (κ3) is 6.04. The molecule has 4 atom stereocenters. The van der Waals surface area contributed by atoms with Crippen LogP contribution < -0.4 is 10.6 Å². The maximum atomic E-state index is 13.5. The summed E-state index contributed by atoms with van der Waals surface area (Å²) in [5.74, 6) is -1.52. The molecule has 7 heteroatoms. The molecule has 1 amide bonds. The topological polar surface area (TPSA) is 92.5 Å². The molecule has 36 heavy (non-hydrogen) atoms. The minimum atomic E-state index is -0.885. The molecule has 0 aliphatic carbocycles. The lowest BCUT2D eigenvalue weighted by Crippen LogP contribution is -2.51. The Kier molecular flexibility index (Phi) is 8.57. The summed E-state index contributed by atoms with van der Waals surface area (Å²) in [5, 5.41) is 7.31. The van der Waals surface area contributed by atoms with Crippen molar-refractivity contribution < 1.29 is 19.1 Å². The monoisotopic (exact) mass is 487 g/mol. The molecule has 0 saturated carbocycles. The Morgan fingerprint density at radius 1 is 1.11 bits per heavy atom. The highest BCUT2D eigenvalue weighted by molar-refractivity contribution is 5.89. The number of aromatic nitrogens is 1. The van der Waals surface area contributed by atoms with Gasteiger partial charge >= 0.3 is 5.97 Å². The number of esters is 1. The zero-order valence-electron chi connectivity index (χ0n) is 20.3. The zero-order chi connectivity index (χ0) is 25.3. The summed E-state index contributed by atoms with van der Waals surface area (Å²) < 4.78 is 11.4. The van der Waals surface area contributed by atoms with Crippen molar-refractivity contribution in [2.45, 2.75) is 44.1 Å². The first-order valence-corrected chi connectivity index (χ1v) is 12.3. The van der Waals surface area contributed by atoms with Gasteiger partial charge in [0.2, 0.25) is 5.91 Å². The van der Waals surface area contributed by atoms with Crippen LogP contribution in [-0.4, -0.2) is 41.6 Å². The average molecular weight is 488 g/mol. The molecule has 1 aliphatic rings. The minimum Gasteiger partial charge on any atom is -0.496 e. The first kappa shape index (κ1) is 25.3. The van der Waals surface area contributed by atoms with Gasteiger partial charge < -0.3 is 25.1 Å². The molecule has 0 spiro atoms. The Balaban J connectivity index is 1.54. The molecule has 4 rings (SSSR count). The fourth-order valence-electron chi connectivity index (χ4n) is 4.73. The Hall–Kier alpha value is -3.84. The van der Waals surface area contributed by atoms with Crippen LogP contribution in [0.4, 0.5) is 0 Å². The van der Waals surface area contributed by atoms with E-state index in [9.17, 15) is 9.59 Å². The Morgan fingerprint density at radius 3 is 2.61 bits per heavy atom. The summed E-state index contributed by atoms with van der Waals surface area (Å²) in [5.41, 5.74) is 2.75. The number of benzene rings is 2. The van der Waals surface area contributed by atoms with E-state index in [2.05, 4.69) is 28.8 Å². The van der Waals surface area contributed by atoms with Crippen molar-refractivity contribution in [3.05, 3.63) is 97.4 Å². The highest BCUT2D eigenvalue weighted by Gasteiger charge is 2.37. The summed E-state index contributed by atoms with van der Waals surface area (Å²) in [6.45, 7) is 8.54. The second kappa shape index (κ2) is 12.2. The molecule has 188 valence electrons.